The maximum absolute atomic E-state index is 5.61. The van der Waals surface area contributed by atoms with E-state index in [0.29, 0.717) is 9.88 Å². The summed E-state index contributed by atoms with van der Waals surface area (Å²) in [6.45, 7) is 0. The Hall–Kier alpha value is -0.460. The van der Waals surface area contributed by atoms with Crippen molar-refractivity contribution >= 4 is 18.4 Å². The molecule has 0 fully saturated rings. The average Bonchev–Trinajstić information content (AvgIpc) is 2.36. The number of aliphatic imine (C=N–C) groups is 2. The summed E-state index contributed by atoms with van der Waals surface area (Å²) in [5, 5.41) is 0. The molecule has 0 aromatic carbocycles. The molecule has 0 aliphatic carbocycles. The minimum atomic E-state index is -0.136. The summed E-state index contributed by atoms with van der Waals surface area (Å²) in [5.41, 5.74) is 5.61. The van der Waals surface area contributed by atoms with Crippen LogP contribution in [-0.4, -0.2) is 22.4 Å². The Morgan fingerprint density at radius 2 is 2.50 bits per heavy atom. The van der Waals surface area contributed by atoms with Gasteiger partial charge >= 0.3 is 68.8 Å². The molecule has 0 aromatic rings. The zero-order valence-corrected chi connectivity index (χ0v) is 7.26. The van der Waals surface area contributed by atoms with Crippen molar-refractivity contribution in [2.45, 2.75) is 4.05 Å². The summed E-state index contributed by atoms with van der Waals surface area (Å²) in [4.78, 5) is 8.07. The van der Waals surface area contributed by atoms with Gasteiger partial charge in [0.05, 0.1) is 0 Å². The standard InChI is InChI=1S/C5H6IN4/c7-5-3-1-10-6-4(3)8-2-9-5/h1-4H,(H2,7,8,9)/q-1/t3-,4?/m0/s1. The van der Waals surface area contributed by atoms with Gasteiger partial charge in [-0.3, -0.25) is 0 Å². The van der Waals surface area contributed by atoms with Gasteiger partial charge in [0.25, 0.3) is 0 Å². The number of fused-ring (bicyclic) bond motifs is 1. The van der Waals surface area contributed by atoms with Crippen LogP contribution in [0.15, 0.2) is 13.2 Å². The summed E-state index contributed by atoms with van der Waals surface area (Å²) in [5.74, 6) is 0.888. The van der Waals surface area contributed by atoms with Gasteiger partial charge in [0.2, 0.25) is 0 Å². The fourth-order valence-electron chi connectivity index (χ4n) is 0.868. The quantitative estimate of drug-likeness (QED) is 0.269. The van der Waals surface area contributed by atoms with Gasteiger partial charge in [-0.1, -0.05) is 0 Å². The van der Waals surface area contributed by atoms with Crippen molar-refractivity contribution in [1.82, 2.24) is 0 Å². The fraction of sp³-hybridized carbons (Fsp3) is 0.400. The van der Waals surface area contributed by atoms with Crippen molar-refractivity contribution < 1.29 is 21.5 Å². The van der Waals surface area contributed by atoms with Gasteiger partial charge in [-0.05, 0) is 0 Å². The average molecular weight is 249 g/mol. The van der Waals surface area contributed by atoms with E-state index in [1.807, 2.05) is 6.21 Å². The van der Waals surface area contributed by atoms with Crippen LogP contribution in [0.5, 0.6) is 0 Å². The number of halogens is 1. The normalized spacial score (nSPS) is 36.6. The summed E-state index contributed by atoms with van der Waals surface area (Å²) in [7, 11) is 0. The van der Waals surface area contributed by atoms with Gasteiger partial charge in [0.1, 0.15) is 0 Å². The third-order valence-electron chi connectivity index (χ3n) is 1.43. The number of amidine groups is 1. The van der Waals surface area contributed by atoms with E-state index >= 15 is 0 Å². The Morgan fingerprint density at radius 3 is 3.30 bits per heavy atom. The first-order chi connectivity index (χ1) is 4.88. The van der Waals surface area contributed by atoms with E-state index < -0.39 is 0 Å². The molecule has 0 amide bonds. The number of nitrogens with two attached hydrogens (primary N) is 1. The molecular weight excluding hydrogens is 243 g/mol. The van der Waals surface area contributed by atoms with E-state index in [0.717, 1.165) is 0 Å². The number of hydrogen-bond donors (Lipinski definition) is 1. The number of rotatable bonds is 0. The van der Waals surface area contributed by atoms with Crippen LogP contribution in [0, 0.1) is 5.92 Å². The molecular formula is C5H6IN4-. The van der Waals surface area contributed by atoms with Crippen LogP contribution >= 0.6 is 0 Å². The van der Waals surface area contributed by atoms with Gasteiger partial charge < -0.3 is 0 Å². The Kier molecular flexibility index (Phi) is 1.44. The second-order valence-corrected chi connectivity index (χ2v) is 4.45. The molecule has 0 bridgehead atoms. The van der Waals surface area contributed by atoms with Crippen LogP contribution in [0.3, 0.4) is 0 Å². The molecule has 54 valence electrons. The van der Waals surface area contributed by atoms with E-state index in [4.69, 9.17) is 5.73 Å². The molecule has 0 spiro atoms. The van der Waals surface area contributed by atoms with Crippen LogP contribution < -0.4 is 27.2 Å². The molecule has 2 rings (SSSR count). The van der Waals surface area contributed by atoms with Crippen molar-refractivity contribution in [2.24, 2.45) is 24.8 Å². The molecule has 0 saturated heterocycles. The Balaban J connectivity index is 2.30. The fourth-order valence-corrected chi connectivity index (χ4v) is 2.92. The first kappa shape index (κ1) is 6.26. The monoisotopic (exact) mass is 249 g/mol. The maximum atomic E-state index is 5.61. The zero-order valence-electron chi connectivity index (χ0n) is 5.11. The molecule has 2 atom stereocenters. The summed E-state index contributed by atoms with van der Waals surface area (Å²) < 4.78 is 4.53. The Labute approximate surface area is 69.0 Å². The summed E-state index contributed by atoms with van der Waals surface area (Å²) in [6, 6.07) is 0. The molecule has 0 aromatic heterocycles. The van der Waals surface area contributed by atoms with E-state index in [-0.39, 0.29) is 27.4 Å². The first-order valence-electron chi connectivity index (χ1n) is 2.89. The Bertz CT molecular complexity index is 232. The van der Waals surface area contributed by atoms with Crippen LogP contribution in [-0.2, 0) is 0 Å². The van der Waals surface area contributed by atoms with E-state index in [2.05, 4.69) is 13.2 Å². The van der Waals surface area contributed by atoms with Gasteiger partial charge in [-0.25, -0.2) is 0 Å². The van der Waals surface area contributed by atoms with Gasteiger partial charge in [0, 0.05) is 0 Å². The van der Waals surface area contributed by atoms with Gasteiger partial charge in [-0.2, -0.15) is 0 Å². The van der Waals surface area contributed by atoms with Crippen molar-refractivity contribution in [3.05, 3.63) is 0 Å². The molecule has 2 aliphatic heterocycles. The summed E-state index contributed by atoms with van der Waals surface area (Å²) in [6.07, 6.45) is 3.43. The Morgan fingerprint density at radius 1 is 1.60 bits per heavy atom. The molecule has 2 aliphatic rings. The van der Waals surface area contributed by atoms with Gasteiger partial charge in [0.15, 0.2) is 0 Å². The van der Waals surface area contributed by atoms with Crippen LogP contribution in [0.25, 0.3) is 0 Å². The third kappa shape index (κ3) is 0.845. The third-order valence-corrected chi connectivity index (χ3v) is 3.74. The predicted octanol–water partition coefficient (Wildman–Crippen LogP) is -3.58. The molecule has 0 radical (unpaired) electrons. The molecule has 2 N–H and O–H groups in total. The van der Waals surface area contributed by atoms with Crippen LogP contribution in [0.2, 0.25) is 0 Å². The topological polar surface area (TPSA) is 63.1 Å². The molecule has 1 unspecified atom stereocenters. The minimum absolute atomic E-state index is 0.136. The number of nitrogens with zero attached hydrogens (tertiary/aromatic N) is 3. The van der Waals surface area contributed by atoms with Crippen molar-refractivity contribution in [2.75, 3.05) is 0 Å². The van der Waals surface area contributed by atoms with E-state index in [1.54, 1.807) is 6.34 Å². The van der Waals surface area contributed by atoms with E-state index in [9.17, 15) is 0 Å². The van der Waals surface area contributed by atoms with Gasteiger partial charge in [-0.15, -0.1) is 0 Å². The van der Waals surface area contributed by atoms with Crippen molar-refractivity contribution in [3.8, 4) is 0 Å². The number of hydrogen-bond acceptors (Lipinski definition) is 4. The molecule has 4 nitrogen and oxygen atoms in total. The van der Waals surface area contributed by atoms with Crippen molar-refractivity contribution in [3.63, 3.8) is 0 Å². The SMILES string of the molecule is NC1=NC=NC2[I-]N=C[C@H]12. The molecule has 5 heteroatoms. The number of alkyl halides is 1. The van der Waals surface area contributed by atoms with Crippen LogP contribution in [0.4, 0.5) is 0 Å². The molecule has 0 saturated carbocycles. The second kappa shape index (κ2) is 2.30. The summed E-state index contributed by atoms with van der Waals surface area (Å²) >= 11 is -0.136. The first-order valence-corrected chi connectivity index (χ1v) is 5.10. The molecule has 2 heterocycles. The zero-order chi connectivity index (χ0) is 6.97. The van der Waals surface area contributed by atoms with E-state index in [1.165, 1.54) is 0 Å². The van der Waals surface area contributed by atoms with Crippen molar-refractivity contribution in [1.29, 1.82) is 0 Å². The molecule has 10 heavy (non-hydrogen) atoms. The second-order valence-electron chi connectivity index (χ2n) is 2.06. The predicted molar refractivity (Wildman–Crippen MR) is 35.9 cm³/mol. The van der Waals surface area contributed by atoms with Crippen LogP contribution in [0.1, 0.15) is 0 Å².